The van der Waals surface area contributed by atoms with E-state index in [1.807, 2.05) is 0 Å². The van der Waals surface area contributed by atoms with E-state index in [9.17, 15) is 0 Å². The molecule has 2 N–H and O–H groups in total. The minimum atomic E-state index is 0. The third kappa shape index (κ3) is 1.72. The first-order chi connectivity index (χ1) is 6.22. The van der Waals surface area contributed by atoms with Gasteiger partial charge in [0.25, 0.3) is 0 Å². The first-order valence-corrected chi connectivity index (χ1v) is 4.65. The molecule has 0 aromatic heterocycles. The average molecular weight is 214 g/mol. The van der Waals surface area contributed by atoms with Gasteiger partial charge < -0.3 is 10.5 Å². The molecule has 1 aliphatic rings. The predicted molar refractivity (Wildman–Crippen MR) is 60.2 cm³/mol. The lowest BCUT2D eigenvalue weighted by Crippen LogP contribution is -2.07. The molecular weight excluding hydrogens is 198 g/mol. The largest absolute Gasteiger partial charge is 0.496 e. The van der Waals surface area contributed by atoms with Gasteiger partial charge in [0.15, 0.2) is 0 Å². The molecular formula is C11H16ClNO. The summed E-state index contributed by atoms with van der Waals surface area (Å²) in [5, 5.41) is 0. The van der Waals surface area contributed by atoms with Gasteiger partial charge in [0.05, 0.1) is 7.11 Å². The molecule has 0 radical (unpaired) electrons. The van der Waals surface area contributed by atoms with Crippen LogP contribution in [0.5, 0.6) is 5.75 Å². The van der Waals surface area contributed by atoms with E-state index < -0.39 is 0 Å². The summed E-state index contributed by atoms with van der Waals surface area (Å²) in [6.45, 7) is 2.09. The van der Waals surface area contributed by atoms with Crippen molar-refractivity contribution >= 4 is 12.4 Å². The SMILES string of the molecule is COc1cc(C)cc2c1C(N)CC2.Cl. The van der Waals surface area contributed by atoms with Gasteiger partial charge in [0.2, 0.25) is 0 Å². The van der Waals surface area contributed by atoms with Gasteiger partial charge in [-0.3, -0.25) is 0 Å². The van der Waals surface area contributed by atoms with Crippen molar-refractivity contribution in [2.24, 2.45) is 5.73 Å². The Morgan fingerprint density at radius 3 is 2.79 bits per heavy atom. The quantitative estimate of drug-likeness (QED) is 0.778. The summed E-state index contributed by atoms with van der Waals surface area (Å²) in [4.78, 5) is 0. The zero-order valence-corrected chi connectivity index (χ0v) is 9.36. The van der Waals surface area contributed by atoms with Crippen LogP contribution in [-0.2, 0) is 6.42 Å². The number of fused-ring (bicyclic) bond motifs is 1. The van der Waals surface area contributed by atoms with Crippen LogP contribution in [0.15, 0.2) is 12.1 Å². The number of halogens is 1. The molecule has 0 saturated carbocycles. The molecule has 0 amide bonds. The molecule has 2 nitrogen and oxygen atoms in total. The van der Waals surface area contributed by atoms with E-state index in [2.05, 4.69) is 19.1 Å². The standard InChI is InChI=1S/C11H15NO.ClH/c1-7-5-8-3-4-9(12)11(8)10(6-7)13-2;/h5-6,9H,3-4,12H2,1-2H3;1H. The lowest BCUT2D eigenvalue weighted by Gasteiger charge is -2.11. The monoisotopic (exact) mass is 213 g/mol. The molecule has 0 heterocycles. The molecule has 3 heteroatoms. The summed E-state index contributed by atoms with van der Waals surface area (Å²) in [7, 11) is 1.71. The van der Waals surface area contributed by atoms with Crippen molar-refractivity contribution in [2.75, 3.05) is 7.11 Å². The van der Waals surface area contributed by atoms with Gasteiger partial charge in [-0.15, -0.1) is 12.4 Å². The van der Waals surface area contributed by atoms with Gasteiger partial charge in [0.1, 0.15) is 5.75 Å². The Labute approximate surface area is 90.9 Å². The van der Waals surface area contributed by atoms with E-state index in [1.165, 1.54) is 16.7 Å². The fraction of sp³-hybridized carbons (Fsp3) is 0.455. The number of rotatable bonds is 1. The topological polar surface area (TPSA) is 35.2 Å². The highest BCUT2D eigenvalue weighted by atomic mass is 35.5. The molecule has 0 aliphatic heterocycles. The van der Waals surface area contributed by atoms with Crippen LogP contribution in [0, 0.1) is 6.92 Å². The second-order valence-electron chi connectivity index (χ2n) is 3.69. The van der Waals surface area contributed by atoms with Crippen molar-refractivity contribution in [3.63, 3.8) is 0 Å². The van der Waals surface area contributed by atoms with Crippen LogP contribution in [0.25, 0.3) is 0 Å². The first kappa shape index (κ1) is 11.3. The van der Waals surface area contributed by atoms with Gasteiger partial charge in [-0.25, -0.2) is 0 Å². The van der Waals surface area contributed by atoms with Gasteiger partial charge in [0, 0.05) is 11.6 Å². The molecule has 1 unspecified atom stereocenters. The van der Waals surface area contributed by atoms with Crippen LogP contribution in [0.1, 0.15) is 29.2 Å². The predicted octanol–water partition coefficient (Wildman–Crippen LogP) is 2.37. The molecule has 1 aromatic carbocycles. The highest BCUT2D eigenvalue weighted by molar-refractivity contribution is 5.85. The zero-order chi connectivity index (χ0) is 9.42. The minimum absolute atomic E-state index is 0. The number of aryl methyl sites for hydroxylation is 2. The molecule has 1 aliphatic carbocycles. The first-order valence-electron chi connectivity index (χ1n) is 4.65. The van der Waals surface area contributed by atoms with E-state index in [1.54, 1.807) is 7.11 Å². The van der Waals surface area contributed by atoms with Crippen LogP contribution < -0.4 is 10.5 Å². The third-order valence-electron chi connectivity index (χ3n) is 2.69. The third-order valence-corrected chi connectivity index (χ3v) is 2.69. The normalized spacial score (nSPS) is 18.6. The molecule has 0 fully saturated rings. The van der Waals surface area contributed by atoms with Crippen molar-refractivity contribution in [2.45, 2.75) is 25.8 Å². The van der Waals surface area contributed by atoms with Crippen molar-refractivity contribution in [3.05, 3.63) is 28.8 Å². The molecule has 0 bridgehead atoms. The van der Waals surface area contributed by atoms with Crippen molar-refractivity contribution in [3.8, 4) is 5.75 Å². The maximum absolute atomic E-state index is 5.99. The van der Waals surface area contributed by atoms with E-state index in [4.69, 9.17) is 10.5 Å². The number of hydrogen-bond donors (Lipinski definition) is 1. The van der Waals surface area contributed by atoms with Crippen molar-refractivity contribution in [1.29, 1.82) is 0 Å². The van der Waals surface area contributed by atoms with E-state index in [-0.39, 0.29) is 18.4 Å². The zero-order valence-electron chi connectivity index (χ0n) is 8.54. The number of methoxy groups -OCH3 is 1. The Hall–Kier alpha value is -0.730. The van der Waals surface area contributed by atoms with Crippen LogP contribution in [0.3, 0.4) is 0 Å². The second-order valence-corrected chi connectivity index (χ2v) is 3.69. The van der Waals surface area contributed by atoms with Crippen LogP contribution in [0.4, 0.5) is 0 Å². The molecule has 1 aromatic rings. The number of benzene rings is 1. The Balaban J connectivity index is 0.000000980. The molecule has 0 saturated heterocycles. The Morgan fingerprint density at radius 1 is 1.43 bits per heavy atom. The summed E-state index contributed by atoms with van der Waals surface area (Å²) in [6, 6.07) is 4.44. The highest BCUT2D eigenvalue weighted by Gasteiger charge is 2.23. The fourth-order valence-electron chi connectivity index (χ4n) is 2.09. The van der Waals surface area contributed by atoms with Crippen molar-refractivity contribution < 1.29 is 4.74 Å². The summed E-state index contributed by atoms with van der Waals surface area (Å²) < 4.78 is 5.33. The number of hydrogen-bond acceptors (Lipinski definition) is 2. The summed E-state index contributed by atoms with van der Waals surface area (Å²) in [5.41, 5.74) is 9.83. The molecule has 78 valence electrons. The maximum atomic E-state index is 5.99. The van der Waals surface area contributed by atoms with Crippen LogP contribution >= 0.6 is 12.4 Å². The number of ether oxygens (including phenoxy) is 1. The highest BCUT2D eigenvalue weighted by Crippen LogP contribution is 2.37. The Bertz CT molecular complexity index is 338. The average Bonchev–Trinajstić information content (AvgIpc) is 2.46. The smallest absolute Gasteiger partial charge is 0.124 e. The van der Waals surface area contributed by atoms with Crippen LogP contribution in [-0.4, -0.2) is 7.11 Å². The molecule has 2 rings (SSSR count). The Kier molecular flexibility index (Phi) is 3.40. The second kappa shape index (κ2) is 4.20. The van der Waals surface area contributed by atoms with Gasteiger partial charge in [-0.1, -0.05) is 6.07 Å². The van der Waals surface area contributed by atoms with E-state index >= 15 is 0 Å². The summed E-state index contributed by atoms with van der Waals surface area (Å²) in [6.07, 6.45) is 2.14. The Morgan fingerprint density at radius 2 is 2.14 bits per heavy atom. The number of nitrogens with two attached hydrogens (primary N) is 1. The van der Waals surface area contributed by atoms with Crippen LogP contribution in [0.2, 0.25) is 0 Å². The van der Waals surface area contributed by atoms with Gasteiger partial charge in [-0.2, -0.15) is 0 Å². The summed E-state index contributed by atoms with van der Waals surface area (Å²) >= 11 is 0. The van der Waals surface area contributed by atoms with E-state index in [0.717, 1.165) is 18.6 Å². The van der Waals surface area contributed by atoms with E-state index in [0.29, 0.717) is 0 Å². The van der Waals surface area contributed by atoms with Crippen molar-refractivity contribution in [1.82, 2.24) is 0 Å². The van der Waals surface area contributed by atoms with Gasteiger partial charge >= 0.3 is 0 Å². The maximum Gasteiger partial charge on any atom is 0.124 e. The lowest BCUT2D eigenvalue weighted by atomic mass is 10.0. The molecule has 14 heavy (non-hydrogen) atoms. The minimum Gasteiger partial charge on any atom is -0.496 e. The van der Waals surface area contributed by atoms with Gasteiger partial charge in [-0.05, 0) is 37.0 Å². The fourth-order valence-corrected chi connectivity index (χ4v) is 2.09. The molecule has 0 spiro atoms. The lowest BCUT2D eigenvalue weighted by molar-refractivity contribution is 0.406. The summed E-state index contributed by atoms with van der Waals surface area (Å²) in [5.74, 6) is 0.958. The molecule has 1 atom stereocenters.